The minimum Gasteiger partial charge on any atom is -0.497 e. The number of amides is 1. The van der Waals surface area contributed by atoms with Crippen molar-refractivity contribution in [2.45, 2.75) is 58.3 Å². The van der Waals surface area contributed by atoms with E-state index in [9.17, 15) is 18.4 Å². The number of rotatable bonds is 15. The number of halogens is 2. The van der Waals surface area contributed by atoms with Gasteiger partial charge in [0, 0.05) is 54.1 Å². The Labute approximate surface area is 287 Å². The van der Waals surface area contributed by atoms with Gasteiger partial charge in [-0.1, -0.05) is 12.8 Å². The molecule has 49 heavy (non-hydrogen) atoms. The normalized spacial score (nSPS) is 14.1. The number of aromatic nitrogens is 1. The second-order valence-electron chi connectivity index (χ2n) is 13.1. The quantitative estimate of drug-likeness (QED) is 0.0946. The van der Waals surface area contributed by atoms with Crippen molar-refractivity contribution >= 4 is 22.5 Å². The lowest BCUT2D eigenvalue weighted by Crippen LogP contribution is -2.48. The van der Waals surface area contributed by atoms with Gasteiger partial charge in [0.1, 0.15) is 34.4 Å². The molecule has 1 aromatic heterocycles. The molecule has 0 spiro atoms. The van der Waals surface area contributed by atoms with Gasteiger partial charge in [-0.15, -0.1) is 0 Å². The topological polar surface area (TPSA) is 70.0 Å². The summed E-state index contributed by atoms with van der Waals surface area (Å²) < 4.78 is 48.3. The van der Waals surface area contributed by atoms with Gasteiger partial charge in [0.25, 0.3) is 5.91 Å². The molecule has 1 saturated heterocycles. The first-order valence-electron chi connectivity index (χ1n) is 17.3. The maximum absolute atomic E-state index is 14.1. The number of hydrogen-bond acceptors (Lipinski definition) is 5. The van der Waals surface area contributed by atoms with Gasteiger partial charge in [-0.3, -0.25) is 9.59 Å². The van der Waals surface area contributed by atoms with Crippen molar-refractivity contribution in [3.05, 3.63) is 88.2 Å². The van der Waals surface area contributed by atoms with Crippen LogP contribution in [0.2, 0.25) is 0 Å². The number of quaternary nitrogens is 1. The summed E-state index contributed by atoms with van der Waals surface area (Å²) in [6.07, 6.45) is 11.2. The highest BCUT2D eigenvalue weighted by Crippen LogP contribution is 2.30. The van der Waals surface area contributed by atoms with Gasteiger partial charge in [0.05, 0.1) is 58.7 Å². The number of pyridine rings is 1. The summed E-state index contributed by atoms with van der Waals surface area (Å²) in [5.74, 6) is -0.705. The van der Waals surface area contributed by atoms with Crippen molar-refractivity contribution in [2.24, 2.45) is 0 Å². The average Bonchev–Trinajstić information content (AvgIpc) is 3.09. The average molecular weight is 677 g/mol. The molecular weight excluding hydrogens is 628 g/mol. The molecule has 4 aromatic rings. The zero-order valence-corrected chi connectivity index (χ0v) is 29.1. The molecule has 1 aliphatic heterocycles. The predicted octanol–water partition coefficient (Wildman–Crippen LogP) is 7.91. The van der Waals surface area contributed by atoms with Crippen LogP contribution in [0.1, 0.15) is 68.6 Å². The maximum atomic E-state index is 14.1. The second kappa shape index (κ2) is 16.3. The molecule has 0 N–H and O–H groups in total. The van der Waals surface area contributed by atoms with Crippen LogP contribution in [0.15, 0.2) is 65.6 Å². The van der Waals surface area contributed by atoms with Crippen molar-refractivity contribution in [3.8, 4) is 22.9 Å². The summed E-state index contributed by atoms with van der Waals surface area (Å²) in [5, 5.41) is 0.284. The fourth-order valence-electron chi connectivity index (χ4n) is 6.79. The number of hydrogen-bond donors (Lipinski definition) is 0. The molecule has 0 saturated carbocycles. The molecule has 0 atom stereocenters. The number of ether oxygens (including phenoxy) is 3. The molecule has 1 amide bonds. The van der Waals surface area contributed by atoms with Crippen molar-refractivity contribution < 1.29 is 32.3 Å². The molecule has 0 bridgehead atoms. The molecular formula is C39H48F2N3O5+. The van der Waals surface area contributed by atoms with Gasteiger partial charge in [0.15, 0.2) is 0 Å². The van der Waals surface area contributed by atoms with Crippen LogP contribution in [0.5, 0.6) is 17.2 Å². The van der Waals surface area contributed by atoms with Crippen LogP contribution in [-0.2, 0) is 0 Å². The second-order valence-corrected chi connectivity index (χ2v) is 13.1. The molecule has 0 radical (unpaired) electrons. The number of piperidine rings is 1. The van der Waals surface area contributed by atoms with Gasteiger partial charge in [-0.25, -0.2) is 8.78 Å². The number of carbonyl (C=O) groups is 1. The lowest BCUT2D eigenvalue weighted by atomic mass is 10.1. The molecule has 262 valence electrons. The van der Waals surface area contributed by atoms with Crippen LogP contribution in [-0.4, -0.2) is 69.0 Å². The van der Waals surface area contributed by atoms with E-state index in [1.165, 1.54) is 88.0 Å². The number of anilines is 1. The number of fused-ring (bicyclic) bond motifs is 1. The predicted molar refractivity (Wildman–Crippen MR) is 190 cm³/mol. The Kier molecular flexibility index (Phi) is 11.9. The molecule has 2 heterocycles. The zero-order valence-electron chi connectivity index (χ0n) is 29.1. The summed E-state index contributed by atoms with van der Waals surface area (Å²) in [4.78, 5) is 29.0. The van der Waals surface area contributed by atoms with Crippen LogP contribution >= 0.6 is 0 Å². The zero-order chi connectivity index (χ0) is 35.0. The number of carbonyl (C=O) groups excluding carboxylic acids is 1. The van der Waals surface area contributed by atoms with Gasteiger partial charge in [0.2, 0.25) is 5.43 Å². The first-order chi connectivity index (χ1) is 23.6. The van der Waals surface area contributed by atoms with E-state index >= 15 is 0 Å². The number of likely N-dealkylation sites (tertiary alicyclic amines) is 1. The smallest absolute Gasteiger partial charge is 0.263 e. The lowest BCUT2D eigenvalue weighted by Gasteiger charge is -2.37. The number of methoxy groups -OCH3 is 2. The van der Waals surface area contributed by atoms with Crippen LogP contribution in [0.3, 0.4) is 0 Å². The highest BCUT2D eigenvalue weighted by Gasteiger charge is 2.25. The molecule has 1 fully saturated rings. The third kappa shape index (κ3) is 8.78. The van der Waals surface area contributed by atoms with E-state index in [0.29, 0.717) is 35.1 Å². The van der Waals surface area contributed by atoms with E-state index in [-0.39, 0.29) is 23.2 Å². The summed E-state index contributed by atoms with van der Waals surface area (Å²) in [6, 6.07) is 13.3. The summed E-state index contributed by atoms with van der Waals surface area (Å²) >= 11 is 0. The Bertz CT molecular complexity index is 1780. The number of benzene rings is 3. The molecule has 8 nitrogen and oxygen atoms in total. The Morgan fingerprint density at radius 1 is 0.837 bits per heavy atom. The van der Waals surface area contributed by atoms with Crippen molar-refractivity contribution in [1.29, 1.82) is 0 Å². The molecule has 3 aromatic carbocycles. The van der Waals surface area contributed by atoms with Crippen LogP contribution in [0, 0.1) is 11.6 Å². The SMILES string of the molecule is CCN(C(=O)c1cn(-c2cc(OC)cc(OC)c2)c2cc(OCCCCCCC[N+]3(C)CCCCC3)ccc2c1=O)c1cc(F)cc(F)c1. The maximum Gasteiger partial charge on any atom is 0.263 e. The third-order valence-corrected chi connectivity index (χ3v) is 9.55. The van der Waals surface area contributed by atoms with E-state index in [1.54, 1.807) is 47.9 Å². The molecule has 0 unspecified atom stereocenters. The first kappa shape index (κ1) is 35.9. The van der Waals surface area contributed by atoms with E-state index in [0.717, 1.165) is 31.0 Å². The van der Waals surface area contributed by atoms with Crippen molar-refractivity contribution in [3.63, 3.8) is 0 Å². The highest BCUT2D eigenvalue weighted by atomic mass is 19.1. The van der Waals surface area contributed by atoms with Gasteiger partial charge in [-0.2, -0.15) is 0 Å². The van der Waals surface area contributed by atoms with Crippen LogP contribution < -0.4 is 24.5 Å². The number of nitrogens with zero attached hydrogens (tertiary/aromatic N) is 3. The van der Waals surface area contributed by atoms with E-state index in [1.807, 2.05) is 0 Å². The highest BCUT2D eigenvalue weighted by molar-refractivity contribution is 6.07. The van der Waals surface area contributed by atoms with E-state index in [4.69, 9.17) is 14.2 Å². The summed E-state index contributed by atoms with van der Waals surface area (Å²) in [7, 11) is 5.47. The largest absolute Gasteiger partial charge is 0.497 e. The Morgan fingerprint density at radius 2 is 1.49 bits per heavy atom. The Morgan fingerprint density at radius 3 is 2.14 bits per heavy atom. The fourth-order valence-corrected chi connectivity index (χ4v) is 6.79. The minimum absolute atomic E-state index is 0.0144. The number of unbranched alkanes of at least 4 members (excludes halogenated alkanes) is 4. The van der Waals surface area contributed by atoms with Crippen molar-refractivity contribution in [1.82, 2.24) is 4.57 Å². The van der Waals surface area contributed by atoms with E-state index in [2.05, 4.69) is 7.05 Å². The van der Waals surface area contributed by atoms with Crippen LogP contribution in [0.25, 0.3) is 16.6 Å². The Hall–Kier alpha value is -4.44. The van der Waals surface area contributed by atoms with Crippen LogP contribution in [0.4, 0.5) is 14.5 Å². The van der Waals surface area contributed by atoms with Gasteiger partial charge < -0.3 is 28.2 Å². The summed E-state index contributed by atoms with van der Waals surface area (Å²) in [6.45, 7) is 6.18. The fraction of sp³-hybridized carbons (Fsp3) is 0.436. The third-order valence-electron chi connectivity index (χ3n) is 9.55. The summed E-state index contributed by atoms with van der Waals surface area (Å²) in [5.41, 5.74) is 0.441. The monoisotopic (exact) mass is 676 g/mol. The van der Waals surface area contributed by atoms with Gasteiger partial charge >= 0.3 is 0 Å². The molecule has 1 aliphatic rings. The molecule has 5 rings (SSSR count). The minimum atomic E-state index is -0.823. The van der Waals surface area contributed by atoms with Crippen molar-refractivity contribution in [2.75, 3.05) is 59.0 Å². The van der Waals surface area contributed by atoms with E-state index < -0.39 is 23.0 Å². The first-order valence-corrected chi connectivity index (χ1v) is 17.3. The van der Waals surface area contributed by atoms with Gasteiger partial charge in [-0.05, 0) is 69.7 Å². The molecule has 10 heteroatoms. The lowest BCUT2D eigenvalue weighted by molar-refractivity contribution is -0.914. The standard InChI is InChI=1S/C39H48F2N3O5/c1-5-42(30-21-28(40)20-29(41)22-30)39(46)36-27-43(31-23-33(47-3)25-34(24-31)48-4)37-26-32(14-15-35(37)38(36)45)49-19-13-8-6-7-10-16-44(2)17-11-9-12-18-44/h14-15,20-27H,5-13,16-19H2,1-4H3/q+1. The molecule has 0 aliphatic carbocycles. The Balaban J connectivity index is 1.38.